The summed E-state index contributed by atoms with van der Waals surface area (Å²) in [7, 11) is 6.41. The zero-order valence-electron chi connectivity index (χ0n) is 22.8. The zero-order valence-corrected chi connectivity index (χ0v) is 23.6. The number of halogens is 1. The molecule has 2 aliphatic rings. The number of piperidine rings is 1. The first-order chi connectivity index (χ1) is 18.4. The maximum Gasteiger partial charge on any atom is 0.319 e. The number of carbonyl (C=O) groups is 1. The van der Waals surface area contributed by atoms with Crippen molar-refractivity contribution >= 4 is 23.3 Å². The van der Waals surface area contributed by atoms with Crippen LogP contribution in [0.2, 0.25) is 5.02 Å². The van der Waals surface area contributed by atoms with E-state index in [1.54, 1.807) is 40.6 Å². The summed E-state index contributed by atoms with van der Waals surface area (Å²) < 4.78 is 21.7. The lowest BCUT2D eigenvalue weighted by Crippen LogP contribution is -2.52. The maximum absolute atomic E-state index is 13.1. The van der Waals surface area contributed by atoms with Crippen molar-refractivity contribution in [3.05, 3.63) is 47.0 Å². The molecule has 0 aromatic heterocycles. The molecule has 2 fully saturated rings. The fourth-order valence-corrected chi connectivity index (χ4v) is 6.11. The summed E-state index contributed by atoms with van der Waals surface area (Å²) >= 11 is 6.05. The number of amides is 2. The molecule has 1 saturated carbocycles. The van der Waals surface area contributed by atoms with Crippen LogP contribution in [0.1, 0.15) is 31.2 Å². The highest BCUT2D eigenvalue weighted by Crippen LogP contribution is 2.40. The number of benzene rings is 2. The van der Waals surface area contributed by atoms with Crippen LogP contribution >= 0.6 is 11.6 Å². The quantitative estimate of drug-likeness (QED) is 0.425. The third-order valence-electron chi connectivity index (χ3n) is 7.82. The lowest BCUT2D eigenvalue weighted by Gasteiger charge is -2.38. The smallest absolute Gasteiger partial charge is 0.319 e. The molecule has 2 amide bonds. The van der Waals surface area contributed by atoms with Gasteiger partial charge in [-0.3, -0.25) is 4.90 Å². The van der Waals surface area contributed by atoms with Crippen molar-refractivity contribution in [1.29, 1.82) is 0 Å². The van der Waals surface area contributed by atoms with Crippen LogP contribution in [0.3, 0.4) is 0 Å². The number of anilines is 1. The Hall–Kier alpha value is -2.68. The minimum absolute atomic E-state index is 0.0463. The predicted octanol–water partition coefficient (Wildman–Crippen LogP) is 5.24. The van der Waals surface area contributed by atoms with E-state index in [0.717, 1.165) is 50.2 Å². The van der Waals surface area contributed by atoms with Crippen LogP contribution in [-0.2, 0) is 11.2 Å². The molecule has 1 aliphatic carbocycles. The molecule has 1 saturated heterocycles. The van der Waals surface area contributed by atoms with E-state index >= 15 is 0 Å². The maximum atomic E-state index is 13.1. The lowest BCUT2D eigenvalue weighted by molar-refractivity contribution is 0.111. The van der Waals surface area contributed by atoms with Gasteiger partial charge in [0.2, 0.25) is 5.75 Å². The van der Waals surface area contributed by atoms with Gasteiger partial charge in [-0.15, -0.1) is 0 Å². The highest BCUT2D eigenvalue weighted by molar-refractivity contribution is 6.30. The minimum atomic E-state index is -0.245. The standard InChI is InChI=1S/C29H40ClN3O5/c1-35-18-21-14-24(32-29(34)31-23-16-26(36-2)28(38-4)27(17-23)37-3)25(15-21)33-11-9-20(10-12-33)13-19-5-7-22(30)8-6-19/h5-8,16-17,20-21,24-25H,9-15,18H2,1-4H3,(H2,31,32,34)/t21?,24-,25-/m1/s1. The summed E-state index contributed by atoms with van der Waals surface area (Å²) in [6, 6.07) is 11.8. The fraction of sp³-hybridized carbons (Fsp3) is 0.552. The summed E-state index contributed by atoms with van der Waals surface area (Å²) in [5, 5.41) is 6.98. The molecule has 3 atom stereocenters. The summed E-state index contributed by atoms with van der Waals surface area (Å²) in [5.74, 6) is 2.55. The van der Waals surface area contributed by atoms with Crippen LogP contribution in [0.15, 0.2) is 36.4 Å². The average Bonchev–Trinajstić information content (AvgIpc) is 3.31. The number of urea groups is 1. The topological polar surface area (TPSA) is 81.3 Å². The molecule has 0 spiro atoms. The van der Waals surface area contributed by atoms with Crippen LogP contribution in [-0.4, -0.2) is 71.2 Å². The van der Waals surface area contributed by atoms with Gasteiger partial charge in [0, 0.05) is 43.0 Å². The number of hydrogen-bond acceptors (Lipinski definition) is 6. The number of carbonyl (C=O) groups excluding carboxylic acids is 1. The van der Waals surface area contributed by atoms with Crippen LogP contribution < -0.4 is 24.8 Å². The molecule has 2 N–H and O–H groups in total. The first-order valence-corrected chi connectivity index (χ1v) is 13.7. The Morgan fingerprint density at radius 2 is 1.61 bits per heavy atom. The normalized spacial score (nSPS) is 22.2. The van der Waals surface area contributed by atoms with Gasteiger partial charge in [0.05, 0.1) is 27.0 Å². The predicted molar refractivity (Wildman–Crippen MR) is 150 cm³/mol. The van der Waals surface area contributed by atoms with E-state index in [1.165, 1.54) is 5.56 Å². The van der Waals surface area contributed by atoms with Crippen molar-refractivity contribution in [2.45, 2.75) is 44.2 Å². The Kier molecular flexibility index (Phi) is 9.99. The Balaban J connectivity index is 1.37. The molecule has 1 aliphatic heterocycles. The van der Waals surface area contributed by atoms with E-state index < -0.39 is 0 Å². The van der Waals surface area contributed by atoms with Crippen molar-refractivity contribution in [3.63, 3.8) is 0 Å². The van der Waals surface area contributed by atoms with Crippen molar-refractivity contribution in [3.8, 4) is 17.2 Å². The van der Waals surface area contributed by atoms with Crippen molar-refractivity contribution in [2.24, 2.45) is 11.8 Å². The second-order valence-corrected chi connectivity index (χ2v) is 10.7. The number of ether oxygens (including phenoxy) is 4. The van der Waals surface area contributed by atoms with Crippen LogP contribution in [0.5, 0.6) is 17.2 Å². The first kappa shape index (κ1) is 28.3. The molecule has 1 unspecified atom stereocenters. The largest absolute Gasteiger partial charge is 0.493 e. The zero-order chi connectivity index (χ0) is 27.1. The van der Waals surface area contributed by atoms with Gasteiger partial charge in [0.1, 0.15) is 0 Å². The molecule has 4 rings (SSSR count). The Labute approximate surface area is 230 Å². The van der Waals surface area contributed by atoms with Gasteiger partial charge in [0.25, 0.3) is 0 Å². The monoisotopic (exact) mass is 545 g/mol. The molecule has 0 radical (unpaired) electrons. The Morgan fingerprint density at radius 1 is 0.947 bits per heavy atom. The minimum Gasteiger partial charge on any atom is -0.493 e. The van der Waals surface area contributed by atoms with Crippen LogP contribution in [0.25, 0.3) is 0 Å². The molecule has 2 aromatic carbocycles. The lowest BCUT2D eigenvalue weighted by atomic mass is 9.89. The molecule has 0 bridgehead atoms. The third kappa shape index (κ3) is 7.04. The van der Waals surface area contributed by atoms with E-state index in [1.807, 2.05) is 12.1 Å². The molecular formula is C29H40ClN3O5. The number of methoxy groups -OCH3 is 4. The second kappa shape index (κ2) is 13.4. The summed E-state index contributed by atoms with van der Waals surface area (Å²) in [4.78, 5) is 15.7. The number of nitrogens with one attached hydrogen (secondary N) is 2. The molecule has 208 valence electrons. The van der Waals surface area contributed by atoms with Crippen LogP contribution in [0.4, 0.5) is 10.5 Å². The Bertz CT molecular complexity index is 1030. The van der Waals surface area contributed by atoms with Gasteiger partial charge >= 0.3 is 6.03 Å². The van der Waals surface area contributed by atoms with E-state index in [-0.39, 0.29) is 18.1 Å². The van der Waals surface area contributed by atoms with Crippen molar-refractivity contribution in [2.75, 3.05) is 53.5 Å². The number of rotatable bonds is 10. The SMILES string of the molecule is COCC1C[C@@H](N2CCC(Cc3ccc(Cl)cc3)CC2)[C@H](NC(=O)Nc2cc(OC)c(OC)c(OC)c2)C1. The molecular weight excluding hydrogens is 506 g/mol. The Morgan fingerprint density at radius 3 is 2.18 bits per heavy atom. The number of nitrogens with zero attached hydrogens (tertiary/aromatic N) is 1. The highest BCUT2D eigenvalue weighted by Gasteiger charge is 2.39. The highest BCUT2D eigenvalue weighted by atomic mass is 35.5. The molecule has 38 heavy (non-hydrogen) atoms. The molecule has 1 heterocycles. The number of likely N-dealkylation sites (tertiary alicyclic amines) is 1. The van der Waals surface area contributed by atoms with Crippen molar-refractivity contribution in [1.82, 2.24) is 10.2 Å². The first-order valence-electron chi connectivity index (χ1n) is 13.3. The summed E-state index contributed by atoms with van der Waals surface area (Å²) in [5.41, 5.74) is 1.92. The number of hydrogen-bond donors (Lipinski definition) is 2. The van der Waals surface area contributed by atoms with Gasteiger partial charge < -0.3 is 29.6 Å². The molecule has 8 nitrogen and oxygen atoms in total. The van der Waals surface area contributed by atoms with Gasteiger partial charge in [-0.05, 0) is 74.7 Å². The molecule has 9 heteroatoms. The second-order valence-electron chi connectivity index (χ2n) is 10.3. The van der Waals surface area contributed by atoms with E-state index in [0.29, 0.717) is 41.4 Å². The van der Waals surface area contributed by atoms with E-state index in [2.05, 4.69) is 27.7 Å². The van der Waals surface area contributed by atoms with E-state index in [4.69, 9.17) is 30.5 Å². The fourth-order valence-electron chi connectivity index (χ4n) is 5.98. The van der Waals surface area contributed by atoms with Gasteiger partial charge in [-0.2, -0.15) is 0 Å². The molecule has 2 aromatic rings. The third-order valence-corrected chi connectivity index (χ3v) is 8.08. The van der Waals surface area contributed by atoms with Gasteiger partial charge in [0.15, 0.2) is 11.5 Å². The van der Waals surface area contributed by atoms with Gasteiger partial charge in [-0.25, -0.2) is 4.79 Å². The summed E-state index contributed by atoms with van der Waals surface area (Å²) in [6.45, 7) is 2.78. The average molecular weight is 546 g/mol. The summed E-state index contributed by atoms with van der Waals surface area (Å²) in [6.07, 6.45) is 5.30. The van der Waals surface area contributed by atoms with E-state index in [9.17, 15) is 4.79 Å². The van der Waals surface area contributed by atoms with Crippen molar-refractivity contribution < 1.29 is 23.7 Å². The van der Waals surface area contributed by atoms with Crippen LogP contribution in [0, 0.1) is 11.8 Å². The van der Waals surface area contributed by atoms with Gasteiger partial charge in [-0.1, -0.05) is 23.7 Å².